The molecule has 3 heteroatoms. The SMILES string of the molecule is COc1cc(C)c(C(Br)C2CCCCC2)cc1OC. The van der Waals surface area contributed by atoms with Crippen molar-refractivity contribution in [2.24, 2.45) is 5.92 Å². The quantitative estimate of drug-likeness (QED) is 0.722. The van der Waals surface area contributed by atoms with Gasteiger partial charge in [0.2, 0.25) is 0 Å². The first-order valence-corrected chi connectivity index (χ1v) is 7.95. The largest absolute Gasteiger partial charge is 0.493 e. The Hall–Kier alpha value is -0.700. The summed E-state index contributed by atoms with van der Waals surface area (Å²) in [4.78, 5) is 0.424. The summed E-state index contributed by atoms with van der Waals surface area (Å²) in [5.41, 5.74) is 2.61. The van der Waals surface area contributed by atoms with Gasteiger partial charge in [-0.05, 0) is 48.9 Å². The summed E-state index contributed by atoms with van der Waals surface area (Å²) < 4.78 is 10.8. The van der Waals surface area contributed by atoms with Gasteiger partial charge in [0.15, 0.2) is 11.5 Å². The summed E-state index contributed by atoms with van der Waals surface area (Å²) in [6.07, 6.45) is 6.76. The average Bonchev–Trinajstić information content (AvgIpc) is 2.47. The van der Waals surface area contributed by atoms with Crippen LogP contribution in [0.3, 0.4) is 0 Å². The molecule has 1 unspecified atom stereocenters. The van der Waals surface area contributed by atoms with Crippen LogP contribution in [0.15, 0.2) is 12.1 Å². The Balaban J connectivity index is 2.27. The zero-order valence-corrected chi connectivity index (χ0v) is 13.6. The van der Waals surface area contributed by atoms with Crippen molar-refractivity contribution in [3.05, 3.63) is 23.3 Å². The van der Waals surface area contributed by atoms with Gasteiger partial charge in [-0.15, -0.1) is 0 Å². The highest BCUT2D eigenvalue weighted by Gasteiger charge is 2.25. The first kappa shape index (κ1) is 14.7. The van der Waals surface area contributed by atoms with Gasteiger partial charge in [-0.1, -0.05) is 35.2 Å². The fraction of sp³-hybridized carbons (Fsp3) is 0.625. The molecule has 1 saturated carbocycles. The Kier molecular flexibility index (Phi) is 5.14. The molecule has 0 N–H and O–H groups in total. The molecule has 1 aromatic carbocycles. The first-order valence-electron chi connectivity index (χ1n) is 7.04. The van der Waals surface area contributed by atoms with Crippen LogP contribution in [0.4, 0.5) is 0 Å². The highest BCUT2D eigenvalue weighted by molar-refractivity contribution is 9.09. The normalized spacial score (nSPS) is 18.1. The van der Waals surface area contributed by atoms with Crippen LogP contribution in [0, 0.1) is 12.8 Å². The summed E-state index contributed by atoms with van der Waals surface area (Å²) >= 11 is 3.91. The Labute approximate surface area is 124 Å². The number of hydrogen-bond donors (Lipinski definition) is 0. The zero-order chi connectivity index (χ0) is 13.8. The molecular weight excluding hydrogens is 304 g/mol. The molecule has 1 fully saturated rings. The highest BCUT2D eigenvalue weighted by Crippen LogP contribution is 2.43. The van der Waals surface area contributed by atoms with E-state index in [1.54, 1.807) is 14.2 Å². The second-order valence-electron chi connectivity index (χ2n) is 5.36. The summed E-state index contributed by atoms with van der Waals surface area (Å²) in [5.74, 6) is 2.38. The summed E-state index contributed by atoms with van der Waals surface area (Å²) in [6.45, 7) is 2.15. The number of halogens is 1. The third kappa shape index (κ3) is 3.25. The van der Waals surface area contributed by atoms with Gasteiger partial charge in [-0.25, -0.2) is 0 Å². The minimum absolute atomic E-state index is 0.424. The number of hydrogen-bond acceptors (Lipinski definition) is 2. The van der Waals surface area contributed by atoms with Crippen LogP contribution in [-0.4, -0.2) is 14.2 Å². The second-order valence-corrected chi connectivity index (χ2v) is 6.35. The van der Waals surface area contributed by atoms with Crippen LogP contribution >= 0.6 is 15.9 Å². The minimum Gasteiger partial charge on any atom is -0.493 e. The molecule has 19 heavy (non-hydrogen) atoms. The van der Waals surface area contributed by atoms with Crippen LogP contribution in [0.2, 0.25) is 0 Å². The Bertz CT molecular complexity index is 425. The van der Waals surface area contributed by atoms with Gasteiger partial charge in [-0.2, -0.15) is 0 Å². The van der Waals surface area contributed by atoms with E-state index in [9.17, 15) is 0 Å². The molecule has 1 atom stereocenters. The number of alkyl halides is 1. The lowest BCUT2D eigenvalue weighted by molar-refractivity contribution is 0.346. The lowest BCUT2D eigenvalue weighted by Gasteiger charge is -2.28. The summed E-state index contributed by atoms with van der Waals surface area (Å²) in [7, 11) is 3.38. The Morgan fingerprint density at radius 3 is 2.21 bits per heavy atom. The molecule has 2 rings (SSSR count). The van der Waals surface area contributed by atoms with Crippen LogP contribution in [0.1, 0.15) is 48.1 Å². The van der Waals surface area contributed by atoms with E-state index in [0.29, 0.717) is 4.83 Å². The Morgan fingerprint density at radius 2 is 1.63 bits per heavy atom. The number of ether oxygens (including phenoxy) is 2. The van der Waals surface area contributed by atoms with E-state index in [1.807, 2.05) is 0 Å². The van der Waals surface area contributed by atoms with Crippen molar-refractivity contribution in [2.45, 2.75) is 43.9 Å². The molecule has 0 aromatic heterocycles. The van der Waals surface area contributed by atoms with Gasteiger partial charge < -0.3 is 9.47 Å². The Morgan fingerprint density at radius 1 is 1.05 bits per heavy atom. The molecular formula is C16H23BrO2. The second kappa shape index (κ2) is 6.65. The maximum Gasteiger partial charge on any atom is 0.161 e. The fourth-order valence-electron chi connectivity index (χ4n) is 2.97. The summed E-state index contributed by atoms with van der Waals surface area (Å²) in [5, 5.41) is 0. The monoisotopic (exact) mass is 326 g/mol. The van der Waals surface area contributed by atoms with Crippen LogP contribution in [0.5, 0.6) is 11.5 Å². The lowest BCUT2D eigenvalue weighted by atomic mass is 9.83. The molecule has 0 spiro atoms. The standard InChI is InChI=1S/C16H23BrO2/c1-11-9-14(18-2)15(19-3)10-13(11)16(17)12-7-5-4-6-8-12/h9-10,12,16H,4-8H2,1-3H3. The van der Waals surface area contributed by atoms with E-state index in [2.05, 4.69) is 35.0 Å². The fourth-order valence-corrected chi connectivity index (χ4v) is 4.00. The van der Waals surface area contributed by atoms with E-state index >= 15 is 0 Å². The third-order valence-corrected chi connectivity index (χ3v) is 5.37. The van der Waals surface area contributed by atoms with Crippen LogP contribution < -0.4 is 9.47 Å². The van der Waals surface area contributed by atoms with Crippen LogP contribution in [0.25, 0.3) is 0 Å². The van der Waals surface area contributed by atoms with Gasteiger partial charge in [0.1, 0.15) is 0 Å². The smallest absolute Gasteiger partial charge is 0.161 e. The van der Waals surface area contributed by atoms with Crippen molar-refractivity contribution in [2.75, 3.05) is 14.2 Å². The van der Waals surface area contributed by atoms with Gasteiger partial charge in [0.25, 0.3) is 0 Å². The van der Waals surface area contributed by atoms with E-state index in [-0.39, 0.29) is 0 Å². The highest BCUT2D eigenvalue weighted by atomic mass is 79.9. The summed E-state index contributed by atoms with van der Waals surface area (Å²) in [6, 6.07) is 4.20. The van der Waals surface area contributed by atoms with E-state index in [0.717, 1.165) is 17.4 Å². The van der Waals surface area contributed by atoms with Crippen molar-refractivity contribution >= 4 is 15.9 Å². The molecule has 0 saturated heterocycles. The molecule has 1 aromatic rings. The zero-order valence-electron chi connectivity index (χ0n) is 12.0. The predicted molar refractivity (Wildman–Crippen MR) is 82.5 cm³/mol. The van der Waals surface area contributed by atoms with Gasteiger partial charge >= 0.3 is 0 Å². The molecule has 0 radical (unpaired) electrons. The molecule has 0 amide bonds. The third-order valence-electron chi connectivity index (χ3n) is 4.13. The van der Waals surface area contributed by atoms with E-state index < -0.39 is 0 Å². The van der Waals surface area contributed by atoms with E-state index in [4.69, 9.17) is 9.47 Å². The molecule has 0 aliphatic heterocycles. The van der Waals surface area contributed by atoms with Gasteiger partial charge in [-0.3, -0.25) is 0 Å². The molecule has 1 aliphatic carbocycles. The molecule has 0 bridgehead atoms. The molecule has 2 nitrogen and oxygen atoms in total. The minimum atomic E-state index is 0.424. The first-order chi connectivity index (χ1) is 9.17. The number of aryl methyl sites for hydroxylation is 1. The number of methoxy groups -OCH3 is 2. The molecule has 106 valence electrons. The van der Waals surface area contributed by atoms with Gasteiger partial charge in [0, 0.05) is 4.83 Å². The topological polar surface area (TPSA) is 18.5 Å². The average molecular weight is 327 g/mol. The van der Waals surface area contributed by atoms with E-state index in [1.165, 1.54) is 43.2 Å². The van der Waals surface area contributed by atoms with Crippen molar-refractivity contribution in [1.82, 2.24) is 0 Å². The van der Waals surface area contributed by atoms with Crippen molar-refractivity contribution in [3.63, 3.8) is 0 Å². The lowest BCUT2D eigenvalue weighted by Crippen LogP contribution is -2.13. The molecule has 0 heterocycles. The maximum absolute atomic E-state index is 5.42. The maximum atomic E-state index is 5.42. The number of rotatable bonds is 4. The molecule has 1 aliphatic rings. The van der Waals surface area contributed by atoms with Gasteiger partial charge in [0.05, 0.1) is 14.2 Å². The number of benzene rings is 1. The van der Waals surface area contributed by atoms with Crippen molar-refractivity contribution < 1.29 is 9.47 Å². The van der Waals surface area contributed by atoms with Crippen molar-refractivity contribution in [1.29, 1.82) is 0 Å². The predicted octanol–water partition coefficient (Wildman–Crippen LogP) is 5.03. The van der Waals surface area contributed by atoms with Crippen LogP contribution in [-0.2, 0) is 0 Å². The van der Waals surface area contributed by atoms with Crippen molar-refractivity contribution in [3.8, 4) is 11.5 Å².